The highest BCUT2D eigenvalue weighted by Gasteiger charge is 2.35. The summed E-state index contributed by atoms with van der Waals surface area (Å²) in [5.74, 6) is 0.496. The maximum absolute atomic E-state index is 12.7. The van der Waals surface area contributed by atoms with Gasteiger partial charge in [-0.1, -0.05) is 54.6 Å². The van der Waals surface area contributed by atoms with E-state index in [0.29, 0.717) is 24.1 Å². The summed E-state index contributed by atoms with van der Waals surface area (Å²) in [4.78, 5) is 26.8. The SMILES string of the molecule is CC(C)Oc1ccc(C(CCN2C(=O)c3ccccc3C2=O)c2ccccc2)cc1. The van der Waals surface area contributed by atoms with Crippen LogP contribution in [-0.2, 0) is 0 Å². The minimum absolute atomic E-state index is 0.0728. The maximum atomic E-state index is 12.7. The van der Waals surface area contributed by atoms with Crippen LogP contribution in [0.25, 0.3) is 0 Å². The van der Waals surface area contributed by atoms with E-state index in [1.807, 2.05) is 44.2 Å². The summed E-state index contributed by atoms with van der Waals surface area (Å²) in [6.07, 6.45) is 0.773. The van der Waals surface area contributed by atoms with Crippen molar-refractivity contribution in [2.45, 2.75) is 32.3 Å². The normalized spacial score (nSPS) is 14.2. The molecule has 1 heterocycles. The van der Waals surface area contributed by atoms with Crippen molar-refractivity contribution >= 4 is 11.8 Å². The Labute approximate surface area is 177 Å². The van der Waals surface area contributed by atoms with Gasteiger partial charge in [-0.05, 0) is 55.7 Å². The first-order chi connectivity index (χ1) is 14.5. The summed E-state index contributed by atoms with van der Waals surface area (Å²) in [6.45, 7) is 4.38. The molecule has 0 saturated heterocycles. The number of carbonyl (C=O) groups is 2. The lowest BCUT2D eigenvalue weighted by atomic mass is 9.88. The molecule has 4 nitrogen and oxygen atoms in total. The van der Waals surface area contributed by atoms with E-state index in [2.05, 4.69) is 24.3 Å². The van der Waals surface area contributed by atoms with Crippen LogP contribution in [0.3, 0.4) is 0 Å². The molecule has 1 aliphatic rings. The van der Waals surface area contributed by atoms with E-state index in [-0.39, 0.29) is 23.8 Å². The maximum Gasteiger partial charge on any atom is 0.261 e. The molecule has 1 atom stereocenters. The Morgan fingerprint density at radius 1 is 0.733 bits per heavy atom. The molecule has 0 N–H and O–H groups in total. The van der Waals surface area contributed by atoms with Crippen LogP contribution in [0.1, 0.15) is 58.0 Å². The molecule has 1 aliphatic heterocycles. The smallest absolute Gasteiger partial charge is 0.261 e. The number of carbonyl (C=O) groups excluding carboxylic acids is 2. The zero-order valence-electron chi connectivity index (χ0n) is 17.2. The molecular weight excluding hydrogens is 374 g/mol. The van der Waals surface area contributed by atoms with Crippen LogP contribution in [0.15, 0.2) is 78.9 Å². The number of imide groups is 1. The fourth-order valence-corrected chi connectivity index (χ4v) is 3.96. The van der Waals surface area contributed by atoms with Crippen molar-refractivity contribution in [3.05, 3.63) is 101 Å². The number of nitrogens with zero attached hydrogens (tertiary/aromatic N) is 1. The van der Waals surface area contributed by atoms with E-state index in [1.165, 1.54) is 4.90 Å². The molecule has 0 radical (unpaired) electrons. The van der Waals surface area contributed by atoms with Crippen LogP contribution in [0.4, 0.5) is 0 Å². The summed E-state index contributed by atoms with van der Waals surface area (Å²) in [5, 5.41) is 0. The minimum atomic E-state index is -0.205. The molecule has 0 aromatic heterocycles. The van der Waals surface area contributed by atoms with E-state index in [4.69, 9.17) is 4.74 Å². The lowest BCUT2D eigenvalue weighted by Gasteiger charge is -2.22. The zero-order valence-corrected chi connectivity index (χ0v) is 17.2. The molecule has 4 heteroatoms. The highest BCUT2D eigenvalue weighted by molar-refractivity contribution is 6.21. The number of hydrogen-bond donors (Lipinski definition) is 0. The summed E-state index contributed by atoms with van der Waals surface area (Å²) in [6, 6.07) is 25.3. The largest absolute Gasteiger partial charge is 0.491 e. The van der Waals surface area contributed by atoms with Gasteiger partial charge in [-0.15, -0.1) is 0 Å². The zero-order chi connectivity index (χ0) is 21.1. The van der Waals surface area contributed by atoms with Gasteiger partial charge in [-0.2, -0.15) is 0 Å². The van der Waals surface area contributed by atoms with Crippen molar-refractivity contribution in [3.8, 4) is 5.75 Å². The molecule has 152 valence electrons. The Balaban J connectivity index is 1.56. The predicted molar refractivity (Wildman–Crippen MR) is 117 cm³/mol. The Hall–Kier alpha value is -3.40. The Bertz CT molecular complexity index is 1010. The summed E-state index contributed by atoms with van der Waals surface area (Å²) in [5.41, 5.74) is 3.28. The number of ether oxygens (including phenoxy) is 1. The first-order valence-corrected chi connectivity index (χ1v) is 10.3. The number of benzene rings is 3. The molecule has 0 fully saturated rings. The highest BCUT2D eigenvalue weighted by atomic mass is 16.5. The standard InChI is InChI=1S/C26H25NO3/c1-18(2)30-21-14-12-20(13-15-21)22(19-8-4-3-5-9-19)16-17-27-25(28)23-10-6-7-11-24(23)26(27)29/h3-15,18,22H,16-17H2,1-2H3. The lowest BCUT2D eigenvalue weighted by Crippen LogP contribution is -2.31. The molecule has 0 aliphatic carbocycles. The fourth-order valence-electron chi connectivity index (χ4n) is 3.96. The van der Waals surface area contributed by atoms with E-state index < -0.39 is 0 Å². The second kappa shape index (κ2) is 8.54. The van der Waals surface area contributed by atoms with Gasteiger partial charge in [0.25, 0.3) is 11.8 Å². The van der Waals surface area contributed by atoms with Crippen molar-refractivity contribution in [1.29, 1.82) is 0 Å². The minimum Gasteiger partial charge on any atom is -0.491 e. The molecule has 2 amide bonds. The van der Waals surface area contributed by atoms with Crippen LogP contribution >= 0.6 is 0 Å². The van der Waals surface area contributed by atoms with Crippen molar-refractivity contribution in [2.75, 3.05) is 6.54 Å². The van der Waals surface area contributed by atoms with Gasteiger partial charge in [0.2, 0.25) is 0 Å². The number of amides is 2. The van der Waals surface area contributed by atoms with Crippen molar-refractivity contribution in [2.24, 2.45) is 0 Å². The van der Waals surface area contributed by atoms with E-state index >= 15 is 0 Å². The fraction of sp³-hybridized carbons (Fsp3) is 0.231. The van der Waals surface area contributed by atoms with Crippen LogP contribution in [0, 0.1) is 0 Å². The molecule has 1 unspecified atom stereocenters. The summed E-state index contributed by atoms with van der Waals surface area (Å²) < 4.78 is 5.76. The van der Waals surface area contributed by atoms with Crippen molar-refractivity contribution < 1.29 is 14.3 Å². The third-order valence-electron chi connectivity index (χ3n) is 5.38. The lowest BCUT2D eigenvalue weighted by molar-refractivity contribution is 0.0651. The Kier molecular flexibility index (Phi) is 5.66. The highest BCUT2D eigenvalue weighted by Crippen LogP contribution is 2.31. The van der Waals surface area contributed by atoms with Gasteiger partial charge >= 0.3 is 0 Å². The molecule has 3 aromatic rings. The molecule has 0 bridgehead atoms. The van der Waals surface area contributed by atoms with E-state index in [1.54, 1.807) is 24.3 Å². The monoisotopic (exact) mass is 399 g/mol. The van der Waals surface area contributed by atoms with Gasteiger partial charge in [0.05, 0.1) is 17.2 Å². The van der Waals surface area contributed by atoms with Crippen molar-refractivity contribution in [1.82, 2.24) is 4.90 Å². The summed E-state index contributed by atoms with van der Waals surface area (Å²) >= 11 is 0. The van der Waals surface area contributed by atoms with Gasteiger partial charge in [0.1, 0.15) is 5.75 Å². The van der Waals surface area contributed by atoms with E-state index in [0.717, 1.165) is 16.9 Å². The Morgan fingerprint density at radius 2 is 1.27 bits per heavy atom. The number of fused-ring (bicyclic) bond motifs is 1. The van der Waals surface area contributed by atoms with Gasteiger partial charge in [-0.3, -0.25) is 14.5 Å². The predicted octanol–water partition coefficient (Wildman–Crippen LogP) is 5.29. The molecule has 0 spiro atoms. The molecule has 3 aromatic carbocycles. The van der Waals surface area contributed by atoms with Crippen molar-refractivity contribution in [3.63, 3.8) is 0 Å². The molecular formula is C26H25NO3. The quantitative estimate of drug-likeness (QED) is 0.507. The van der Waals surface area contributed by atoms with Gasteiger partial charge in [-0.25, -0.2) is 0 Å². The van der Waals surface area contributed by atoms with Gasteiger partial charge in [0, 0.05) is 12.5 Å². The first kappa shape index (κ1) is 19.9. The van der Waals surface area contributed by atoms with Crippen LogP contribution < -0.4 is 4.74 Å². The van der Waals surface area contributed by atoms with Crippen LogP contribution in [0.5, 0.6) is 5.75 Å². The average Bonchev–Trinajstić information content (AvgIpc) is 3.00. The third kappa shape index (κ3) is 3.99. The molecule has 0 saturated carbocycles. The average molecular weight is 399 g/mol. The second-order valence-electron chi connectivity index (χ2n) is 7.80. The third-order valence-corrected chi connectivity index (χ3v) is 5.38. The molecule has 30 heavy (non-hydrogen) atoms. The number of hydrogen-bond acceptors (Lipinski definition) is 3. The second-order valence-corrected chi connectivity index (χ2v) is 7.80. The van der Waals surface area contributed by atoms with Gasteiger partial charge < -0.3 is 4.74 Å². The Morgan fingerprint density at radius 3 is 1.83 bits per heavy atom. The molecule has 4 rings (SSSR count). The van der Waals surface area contributed by atoms with Crippen LogP contribution in [-0.4, -0.2) is 29.4 Å². The van der Waals surface area contributed by atoms with Crippen LogP contribution in [0.2, 0.25) is 0 Å². The topological polar surface area (TPSA) is 46.6 Å². The van der Waals surface area contributed by atoms with Gasteiger partial charge in [0.15, 0.2) is 0 Å². The first-order valence-electron chi connectivity index (χ1n) is 10.3. The van der Waals surface area contributed by atoms with E-state index in [9.17, 15) is 9.59 Å². The number of rotatable bonds is 7. The summed E-state index contributed by atoms with van der Waals surface area (Å²) in [7, 11) is 0.